The van der Waals surface area contributed by atoms with Gasteiger partial charge in [0, 0.05) is 0 Å². The molecule has 1 rings (SSSR count). The van der Waals surface area contributed by atoms with E-state index in [1.54, 1.807) is 31.2 Å². The lowest BCUT2D eigenvalue weighted by Crippen LogP contribution is -2.30. The number of carbonyl (C=O) groups excluding carboxylic acids is 2. The van der Waals surface area contributed by atoms with E-state index >= 15 is 0 Å². The van der Waals surface area contributed by atoms with Crippen molar-refractivity contribution in [2.75, 3.05) is 13.7 Å². The molecule has 1 atom stereocenters. The lowest BCUT2D eigenvalue weighted by Gasteiger charge is -2.18. The van der Waals surface area contributed by atoms with Crippen LogP contribution in [0.5, 0.6) is 5.75 Å². The summed E-state index contributed by atoms with van der Waals surface area (Å²) in [7, 11) is 1.30. The molecule has 0 aromatic heterocycles. The third-order valence-electron chi connectivity index (χ3n) is 2.93. The van der Waals surface area contributed by atoms with Crippen LogP contribution in [0.25, 0.3) is 0 Å². The Morgan fingerprint density at radius 2 is 1.90 bits per heavy atom. The number of unbranched alkanes of at least 4 members (excludes halogenated alkanes) is 1. The average molecular weight is 294 g/mol. The van der Waals surface area contributed by atoms with Crippen LogP contribution in [0.1, 0.15) is 43.5 Å². The molecule has 21 heavy (non-hydrogen) atoms. The minimum Gasteiger partial charge on any atom is -0.478 e. The molecule has 1 aromatic carbocycles. The van der Waals surface area contributed by atoms with Gasteiger partial charge in [0.05, 0.1) is 13.7 Å². The van der Waals surface area contributed by atoms with Crippen LogP contribution in [0.15, 0.2) is 24.3 Å². The van der Waals surface area contributed by atoms with E-state index in [0.29, 0.717) is 24.3 Å². The SMILES string of the molecule is CCCCC(Oc1ccccc1C(=O)OC)C(=O)OCC. The van der Waals surface area contributed by atoms with Gasteiger partial charge in [0.25, 0.3) is 0 Å². The maximum absolute atomic E-state index is 11.9. The summed E-state index contributed by atoms with van der Waals surface area (Å²) in [6, 6.07) is 6.70. The quantitative estimate of drug-likeness (QED) is 0.690. The predicted octanol–water partition coefficient (Wildman–Crippen LogP) is 2.97. The van der Waals surface area contributed by atoms with Crippen LogP contribution < -0.4 is 4.74 Å². The van der Waals surface area contributed by atoms with Crippen molar-refractivity contribution in [2.24, 2.45) is 0 Å². The van der Waals surface area contributed by atoms with Gasteiger partial charge in [0.15, 0.2) is 6.10 Å². The molecule has 0 heterocycles. The second kappa shape index (κ2) is 9.00. The normalized spacial score (nSPS) is 11.6. The second-order valence-electron chi connectivity index (χ2n) is 4.49. The summed E-state index contributed by atoms with van der Waals surface area (Å²) in [6.45, 7) is 4.07. The second-order valence-corrected chi connectivity index (χ2v) is 4.49. The Morgan fingerprint density at radius 1 is 1.19 bits per heavy atom. The first-order chi connectivity index (χ1) is 10.1. The molecule has 5 heteroatoms. The highest BCUT2D eigenvalue weighted by Crippen LogP contribution is 2.22. The number of rotatable bonds is 8. The van der Waals surface area contributed by atoms with Gasteiger partial charge in [-0.25, -0.2) is 9.59 Å². The molecule has 0 aliphatic rings. The number of hydrogen-bond acceptors (Lipinski definition) is 5. The Kier molecular flexibility index (Phi) is 7.29. The molecular weight excluding hydrogens is 272 g/mol. The molecule has 0 spiro atoms. The van der Waals surface area contributed by atoms with Crippen LogP contribution in [-0.2, 0) is 14.3 Å². The lowest BCUT2D eigenvalue weighted by molar-refractivity contribution is -0.151. The molecule has 1 unspecified atom stereocenters. The molecule has 1 aromatic rings. The summed E-state index contributed by atoms with van der Waals surface area (Å²) in [5.74, 6) is -0.576. The molecule has 0 radical (unpaired) electrons. The van der Waals surface area contributed by atoms with Gasteiger partial charge < -0.3 is 14.2 Å². The van der Waals surface area contributed by atoms with Crippen molar-refractivity contribution in [2.45, 2.75) is 39.2 Å². The number of methoxy groups -OCH3 is 1. The minimum absolute atomic E-state index is 0.295. The third kappa shape index (κ3) is 5.10. The van der Waals surface area contributed by atoms with Crippen LogP contribution in [0.2, 0.25) is 0 Å². The molecule has 0 saturated carbocycles. The molecule has 0 aliphatic heterocycles. The van der Waals surface area contributed by atoms with Crippen molar-refractivity contribution >= 4 is 11.9 Å². The number of hydrogen-bond donors (Lipinski definition) is 0. The van der Waals surface area contributed by atoms with Gasteiger partial charge in [-0.15, -0.1) is 0 Å². The van der Waals surface area contributed by atoms with Gasteiger partial charge in [0.1, 0.15) is 11.3 Å². The van der Waals surface area contributed by atoms with Gasteiger partial charge in [-0.3, -0.25) is 0 Å². The van der Waals surface area contributed by atoms with Gasteiger partial charge in [-0.05, 0) is 31.9 Å². The number of ether oxygens (including phenoxy) is 3. The zero-order valence-corrected chi connectivity index (χ0v) is 12.8. The van der Waals surface area contributed by atoms with Crippen molar-refractivity contribution in [1.82, 2.24) is 0 Å². The Hall–Kier alpha value is -2.04. The number of esters is 2. The van der Waals surface area contributed by atoms with Crippen LogP contribution in [0, 0.1) is 0 Å². The maximum Gasteiger partial charge on any atom is 0.347 e. The summed E-state index contributed by atoms with van der Waals surface area (Å²) in [5, 5.41) is 0. The molecule has 0 bridgehead atoms. The Labute approximate surface area is 125 Å². The predicted molar refractivity (Wildman–Crippen MR) is 78.4 cm³/mol. The van der Waals surface area contributed by atoms with E-state index in [0.717, 1.165) is 12.8 Å². The number of benzene rings is 1. The van der Waals surface area contributed by atoms with Crippen LogP contribution in [0.3, 0.4) is 0 Å². The fraction of sp³-hybridized carbons (Fsp3) is 0.500. The standard InChI is InChI=1S/C16H22O5/c1-4-6-10-14(16(18)20-5-2)21-13-11-8-7-9-12(13)15(17)19-3/h7-9,11,14H,4-6,10H2,1-3H3. The van der Waals surface area contributed by atoms with Crippen molar-refractivity contribution in [3.05, 3.63) is 29.8 Å². The summed E-state index contributed by atoms with van der Waals surface area (Å²) in [4.78, 5) is 23.6. The third-order valence-corrected chi connectivity index (χ3v) is 2.93. The van der Waals surface area contributed by atoms with E-state index in [2.05, 4.69) is 0 Å². The lowest BCUT2D eigenvalue weighted by atomic mass is 10.1. The highest BCUT2D eigenvalue weighted by Gasteiger charge is 2.23. The Bertz CT molecular complexity index is 469. The molecule has 0 amide bonds. The van der Waals surface area contributed by atoms with Crippen molar-refractivity contribution in [3.63, 3.8) is 0 Å². The zero-order chi connectivity index (χ0) is 15.7. The molecule has 116 valence electrons. The molecule has 0 aliphatic carbocycles. The van der Waals surface area contributed by atoms with Crippen molar-refractivity contribution < 1.29 is 23.8 Å². The molecule has 5 nitrogen and oxygen atoms in total. The van der Waals surface area contributed by atoms with Crippen molar-refractivity contribution in [1.29, 1.82) is 0 Å². The fourth-order valence-electron chi connectivity index (χ4n) is 1.85. The van der Waals surface area contributed by atoms with E-state index in [4.69, 9.17) is 14.2 Å². The van der Waals surface area contributed by atoms with Gasteiger partial charge in [-0.2, -0.15) is 0 Å². The van der Waals surface area contributed by atoms with Crippen LogP contribution in [-0.4, -0.2) is 31.8 Å². The monoisotopic (exact) mass is 294 g/mol. The van der Waals surface area contributed by atoms with Gasteiger partial charge >= 0.3 is 11.9 Å². The smallest absolute Gasteiger partial charge is 0.347 e. The topological polar surface area (TPSA) is 61.8 Å². The minimum atomic E-state index is -0.712. The van der Waals surface area contributed by atoms with E-state index in [1.165, 1.54) is 7.11 Å². The first-order valence-electron chi connectivity index (χ1n) is 7.14. The zero-order valence-electron chi connectivity index (χ0n) is 12.8. The van der Waals surface area contributed by atoms with E-state index in [1.807, 2.05) is 6.92 Å². The first-order valence-corrected chi connectivity index (χ1v) is 7.14. The Morgan fingerprint density at radius 3 is 2.52 bits per heavy atom. The molecule has 0 N–H and O–H groups in total. The number of para-hydroxylation sites is 1. The maximum atomic E-state index is 11.9. The molecule has 0 saturated heterocycles. The highest BCUT2D eigenvalue weighted by atomic mass is 16.6. The first kappa shape index (κ1) is 17.0. The van der Waals surface area contributed by atoms with E-state index in [9.17, 15) is 9.59 Å². The fourth-order valence-corrected chi connectivity index (χ4v) is 1.85. The Balaban J connectivity index is 2.92. The van der Waals surface area contributed by atoms with E-state index in [-0.39, 0.29) is 0 Å². The summed E-state index contributed by atoms with van der Waals surface area (Å²) >= 11 is 0. The average Bonchev–Trinajstić information content (AvgIpc) is 2.51. The van der Waals surface area contributed by atoms with Crippen LogP contribution >= 0.6 is 0 Å². The van der Waals surface area contributed by atoms with Crippen LogP contribution in [0.4, 0.5) is 0 Å². The molecule has 0 fully saturated rings. The van der Waals surface area contributed by atoms with Crippen molar-refractivity contribution in [3.8, 4) is 5.75 Å². The summed E-state index contributed by atoms with van der Waals surface area (Å²) in [6.07, 6.45) is 1.61. The molecular formula is C16H22O5. The number of carbonyl (C=O) groups is 2. The van der Waals surface area contributed by atoms with Gasteiger partial charge in [-0.1, -0.05) is 25.5 Å². The van der Waals surface area contributed by atoms with Gasteiger partial charge in [0.2, 0.25) is 0 Å². The largest absolute Gasteiger partial charge is 0.478 e. The summed E-state index contributed by atoms with van der Waals surface area (Å²) < 4.78 is 15.4. The summed E-state index contributed by atoms with van der Waals surface area (Å²) in [5.41, 5.74) is 0.297. The highest BCUT2D eigenvalue weighted by molar-refractivity contribution is 5.92. The van der Waals surface area contributed by atoms with E-state index < -0.39 is 18.0 Å².